The second kappa shape index (κ2) is 8.64. The highest BCUT2D eigenvalue weighted by atomic mass is 32.2. The standard InChI is InChI=1S/C22H22N2O5S2/c1-27-9-8-24-21(26)19-14-4-2-3-5-18(14)31-20(19)23-22(24)30-11-15(25)13-6-7-16-17(10-13)29-12-28-16/h6-7,10H,2-5,8-9,11-12H2,1H3. The molecule has 1 aromatic carbocycles. The van der Waals surface area contributed by atoms with Gasteiger partial charge in [-0.05, 0) is 49.4 Å². The number of aryl methyl sites for hydroxylation is 2. The quantitative estimate of drug-likeness (QED) is 0.303. The molecule has 1 aliphatic carbocycles. The van der Waals surface area contributed by atoms with Gasteiger partial charge in [0.25, 0.3) is 5.56 Å². The van der Waals surface area contributed by atoms with E-state index in [1.807, 2.05) is 0 Å². The minimum atomic E-state index is -0.0542. The number of hydrogen-bond donors (Lipinski definition) is 0. The van der Waals surface area contributed by atoms with Crippen molar-refractivity contribution in [3.05, 3.63) is 44.6 Å². The summed E-state index contributed by atoms with van der Waals surface area (Å²) in [5.74, 6) is 1.35. The molecule has 1 aliphatic heterocycles. The zero-order valence-electron chi connectivity index (χ0n) is 17.1. The van der Waals surface area contributed by atoms with Gasteiger partial charge in [0.1, 0.15) is 4.83 Å². The van der Waals surface area contributed by atoms with Crippen molar-refractivity contribution in [2.24, 2.45) is 0 Å². The smallest absolute Gasteiger partial charge is 0.263 e. The van der Waals surface area contributed by atoms with Crippen LogP contribution in [0.2, 0.25) is 0 Å². The molecular formula is C22H22N2O5S2. The topological polar surface area (TPSA) is 79.7 Å². The summed E-state index contributed by atoms with van der Waals surface area (Å²) in [7, 11) is 1.61. The van der Waals surface area contributed by atoms with Crippen LogP contribution in [0.15, 0.2) is 28.2 Å². The van der Waals surface area contributed by atoms with Crippen LogP contribution in [0.25, 0.3) is 10.2 Å². The maximum atomic E-state index is 13.4. The molecule has 3 aromatic rings. The van der Waals surface area contributed by atoms with Crippen molar-refractivity contribution >= 4 is 39.1 Å². The summed E-state index contributed by atoms with van der Waals surface area (Å²) in [4.78, 5) is 33.0. The highest BCUT2D eigenvalue weighted by Gasteiger charge is 2.23. The van der Waals surface area contributed by atoms with E-state index in [1.54, 1.807) is 41.2 Å². The Morgan fingerprint density at radius 3 is 2.97 bits per heavy atom. The van der Waals surface area contributed by atoms with E-state index in [-0.39, 0.29) is 23.9 Å². The SMILES string of the molecule is COCCn1c(SCC(=O)c2ccc3c(c2)OCO3)nc2sc3c(c2c1=O)CCCC3. The Labute approximate surface area is 187 Å². The van der Waals surface area contributed by atoms with E-state index in [2.05, 4.69) is 0 Å². The number of Topliss-reactive ketones (excluding diaryl/α,β-unsaturated/α-hetero) is 1. The summed E-state index contributed by atoms with van der Waals surface area (Å²) in [6, 6.07) is 5.18. The van der Waals surface area contributed by atoms with E-state index in [0.29, 0.717) is 35.4 Å². The zero-order valence-corrected chi connectivity index (χ0v) is 18.8. The lowest BCUT2D eigenvalue weighted by molar-refractivity contribution is 0.102. The van der Waals surface area contributed by atoms with E-state index >= 15 is 0 Å². The van der Waals surface area contributed by atoms with Crippen molar-refractivity contribution in [2.75, 3.05) is 26.3 Å². The van der Waals surface area contributed by atoms with E-state index < -0.39 is 0 Å². The Hall–Kier alpha value is -2.36. The molecule has 0 bridgehead atoms. The summed E-state index contributed by atoms with van der Waals surface area (Å²) in [6.07, 6.45) is 4.21. The monoisotopic (exact) mass is 458 g/mol. The summed E-state index contributed by atoms with van der Waals surface area (Å²) >= 11 is 2.91. The van der Waals surface area contributed by atoms with Gasteiger partial charge in [-0.15, -0.1) is 11.3 Å². The average Bonchev–Trinajstić information content (AvgIpc) is 3.40. The number of aromatic nitrogens is 2. The van der Waals surface area contributed by atoms with Gasteiger partial charge < -0.3 is 14.2 Å². The Morgan fingerprint density at radius 2 is 2.10 bits per heavy atom. The Kier molecular flexibility index (Phi) is 5.73. The summed E-state index contributed by atoms with van der Waals surface area (Å²) in [5.41, 5.74) is 1.69. The van der Waals surface area contributed by atoms with Crippen LogP contribution < -0.4 is 15.0 Å². The first-order chi connectivity index (χ1) is 15.2. The summed E-state index contributed by atoms with van der Waals surface area (Å²) in [5, 5.41) is 1.31. The summed E-state index contributed by atoms with van der Waals surface area (Å²) < 4.78 is 17.5. The maximum Gasteiger partial charge on any atom is 0.263 e. The van der Waals surface area contributed by atoms with Crippen molar-refractivity contribution in [2.45, 2.75) is 37.4 Å². The largest absolute Gasteiger partial charge is 0.454 e. The van der Waals surface area contributed by atoms with Gasteiger partial charge in [-0.2, -0.15) is 0 Å². The highest BCUT2D eigenvalue weighted by Crippen LogP contribution is 2.35. The minimum Gasteiger partial charge on any atom is -0.454 e. The number of carbonyl (C=O) groups excluding carboxylic acids is 1. The van der Waals surface area contributed by atoms with Crippen molar-refractivity contribution in [1.29, 1.82) is 0 Å². The van der Waals surface area contributed by atoms with Gasteiger partial charge in [0.05, 0.1) is 24.3 Å². The number of nitrogens with zero attached hydrogens (tertiary/aromatic N) is 2. The third-order valence-corrected chi connectivity index (χ3v) is 7.75. The minimum absolute atomic E-state index is 0.0283. The Bertz CT molecular complexity index is 1220. The molecule has 3 heterocycles. The van der Waals surface area contributed by atoms with Crippen LogP contribution in [-0.4, -0.2) is 41.6 Å². The average molecular weight is 459 g/mol. The second-order valence-corrected chi connectivity index (χ2v) is 9.54. The van der Waals surface area contributed by atoms with Gasteiger partial charge >= 0.3 is 0 Å². The van der Waals surface area contributed by atoms with Crippen LogP contribution in [0.5, 0.6) is 11.5 Å². The highest BCUT2D eigenvalue weighted by molar-refractivity contribution is 7.99. The molecule has 0 unspecified atom stereocenters. The molecule has 0 fully saturated rings. The summed E-state index contributed by atoms with van der Waals surface area (Å²) in [6.45, 7) is 0.981. The van der Waals surface area contributed by atoms with Crippen LogP contribution in [0.4, 0.5) is 0 Å². The first-order valence-corrected chi connectivity index (χ1v) is 12.1. The van der Waals surface area contributed by atoms with Crippen LogP contribution in [0.3, 0.4) is 0 Å². The molecule has 2 aliphatic rings. The first kappa shape index (κ1) is 20.5. The van der Waals surface area contributed by atoms with E-state index in [1.165, 1.54) is 22.2 Å². The van der Waals surface area contributed by atoms with Crippen molar-refractivity contribution in [1.82, 2.24) is 9.55 Å². The van der Waals surface area contributed by atoms with Gasteiger partial charge in [0.15, 0.2) is 22.4 Å². The predicted molar refractivity (Wildman–Crippen MR) is 120 cm³/mol. The fraction of sp³-hybridized carbons (Fsp3) is 0.409. The number of thioether (sulfide) groups is 1. The number of rotatable bonds is 7. The van der Waals surface area contributed by atoms with Crippen LogP contribution in [0, 0.1) is 0 Å². The lowest BCUT2D eigenvalue weighted by atomic mass is 9.97. The molecule has 0 saturated heterocycles. The number of methoxy groups -OCH3 is 1. The molecule has 0 radical (unpaired) electrons. The third kappa shape index (κ3) is 3.86. The predicted octanol–water partition coefficient (Wildman–Crippen LogP) is 3.69. The molecule has 0 atom stereocenters. The lowest BCUT2D eigenvalue weighted by Gasteiger charge is -2.13. The first-order valence-electron chi connectivity index (χ1n) is 10.3. The molecule has 7 nitrogen and oxygen atoms in total. The number of hydrogen-bond acceptors (Lipinski definition) is 8. The molecular weight excluding hydrogens is 436 g/mol. The third-order valence-electron chi connectivity index (χ3n) is 5.59. The Morgan fingerprint density at radius 1 is 1.26 bits per heavy atom. The molecule has 9 heteroatoms. The van der Waals surface area contributed by atoms with Crippen LogP contribution in [-0.2, 0) is 24.1 Å². The number of ether oxygens (including phenoxy) is 3. The van der Waals surface area contributed by atoms with Gasteiger partial charge in [0.2, 0.25) is 6.79 Å². The number of carbonyl (C=O) groups is 1. The van der Waals surface area contributed by atoms with E-state index in [0.717, 1.165) is 35.9 Å². The van der Waals surface area contributed by atoms with Crippen LogP contribution in [0.1, 0.15) is 33.6 Å². The number of thiophene rings is 1. The molecule has 5 rings (SSSR count). The zero-order chi connectivity index (χ0) is 21.4. The molecule has 31 heavy (non-hydrogen) atoms. The Balaban J connectivity index is 1.45. The fourth-order valence-electron chi connectivity index (χ4n) is 3.99. The van der Waals surface area contributed by atoms with Crippen molar-refractivity contribution in [3.8, 4) is 11.5 Å². The number of ketones is 1. The van der Waals surface area contributed by atoms with E-state index in [9.17, 15) is 9.59 Å². The van der Waals surface area contributed by atoms with Gasteiger partial charge in [0, 0.05) is 17.6 Å². The lowest BCUT2D eigenvalue weighted by Crippen LogP contribution is -2.26. The second-order valence-electron chi connectivity index (χ2n) is 7.51. The van der Waals surface area contributed by atoms with Crippen molar-refractivity contribution in [3.63, 3.8) is 0 Å². The van der Waals surface area contributed by atoms with Gasteiger partial charge in [-0.25, -0.2) is 4.98 Å². The molecule has 162 valence electrons. The normalized spacial score (nSPS) is 14.7. The van der Waals surface area contributed by atoms with Crippen molar-refractivity contribution < 1.29 is 19.0 Å². The van der Waals surface area contributed by atoms with Gasteiger partial charge in [-0.3, -0.25) is 14.2 Å². The molecule has 2 aromatic heterocycles. The van der Waals surface area contributed by atoms with E-state index in [4.69, 9.17) is 19.2 Å². The molecule has 0 saturated carbocycles. The fourth-order valence-corrected chi connectivity index (χ4v) is 6.22. The van der Waals surface area contributed by atoms with Crippen LogP contribution >= 0.6 is 23.1 Å². The number of benzene rings is 1. The maximum absolute atomic E-state index is 13.4. The molecule has 0 N–H and O–H groups in total. The number of fused-ring (bicyclic) bond motifs is 4. The molecule has 0 spiro atoms. The molecule has 0 amide bonds. The van der Waals surface area contributed by atoms with Gasteiger partial charge in [-0.1, -0.05) is 11.8 Å².